The van der Waals surface area contributed by atoms with Gasteiger partial charge in [-0.05, 0) is 12.1 Å². The zero-order valence-electron chi connectivity index (χ0n) is 8.83. The second-order valence-electron chi connectivity index (χ2n) is 2.99. The van der Waals surface area contributed by atoms with Crippen molar-refractivity contribution in [2.45, 2.75) is 0 Å². The molecule has 6 nitrogen and oxygen atoms in total. The first-order valence-corrected chi connectivity index (χ1v) is 5.23. The van der Waals surface area contributed by atoms with Crippen molar-refractivity contribution in [2.75, 3.05) is 5.43 Å². The lowest BCUT2D eigenvalue weighted by Crippen LogP contribution is -2.22. The van der Waals surface area contributed by atoms with Gasteiger partial charge in [0, 0.05) is 0 Å². The molecule has 0 fully saturated rings. The van der Waals surface area contributed by atoms with Crippen LogP contribution in [0.2, 0.25) is 10.0 Å². The Morgan fingerprint density at radius 1 is 1.39 bits per heavy atom. The molecule has 0 unspecified atom stereocenters. The summed E-state index contributed by atoms with van der Waals surface area (Å²) in [6.45, 7) is 0. The Hall–Kier alpha value is -2.28. The van der Waals surface area contributed by atoms with Gasteiger partial charge in [0.25, 0.3) is 0 Å². The smallest absolute Gasteiger partial charge is 0.201 e. The largest absolute Gasteiger partial charge is 0.382 e. The lowest BCUT2D eigenvalue weighted by atomic mass is 10.2. The topological polar surface area (TPSA) is 122 Å². The Morgan fingerprint density at radius 3 is 2.56 bits per heavy atom. The van der Waals surface area contributed by atoms with E-state index in [9.17, 15) is 0 Å². The normalized spacial score (nSPS) is 10.3. The van der Waals surface area contributed by atoms with Crippen LogP contribution in [-0.2, 0) is 0 Å². The van der Waals surface area contributed by atoms with Gasteiger partial charge in [-0.25, -0.2) is 0 Å². The number of hydrogen-bond donors (Lipinski definition) is 3. The van der Waals surface area contributed by atoms with E-state index in [-0.39, 0.29) is 27.0 Å². The van der Waals surface area contributed by atoms with Crippen molar-refractivity contribution in [2.24, 2.45) is 10.8 Å². The number of hydrogen-bond acceptors (Lipinski definition) is 5. The molecule has 0 saturated heterocycles. The summed E-state index contributed by atoms with van der Waals surface area (Å²) in [5.41, 5.74) is 7.61. The first kappa shape index (κ1) is 13.8. The molecular formula is C10H6Cl2N6. The summed E-state index contributed by atoms with van der Waals surface area (Å²) in [4.78, 5) is 0. The van der Waals surface area contributed by atoms with E-state index in [0.29, 0.717) is 0 Å². The van der Waals surface area contributed by atoms with E-state index < -0.39 is 5.84 Å². The Kier molecular flexibility index (Phi) is 4.50. The number of halogens is 2. The lowest BCUT2D eigenvalue weighted by Gasteiger charge is -2.06. The lowest BCUT2D eigenvalue weighted by molar-refractivity contribution is 1.32. The van der Waals surface area contributed by atoms with Gasteiger partial charge in [0.15, 0.2) is 5.84 Å². The number of rotatable bonds is 3. The predicted molar refractivity (Wildman–Crippen MR) is 69.8 cm³/mol. The summed E-state index contributed by atoms with van der Waals surface area (Å²) in [6.07, 6.45) is 0. The number of nitriles is 2. The number of hydrazone groups is 1. The van der Waals surface area contributed by atoms with Crippen LogP contribution in [0.3, 0.4) is 0 Å². The molecule has 90 valence electrons. The molecule has 1 aromatic carbocycles. The molecule has 1 rings (SSSR count). The fraction of sp³-hybridized carbons (Fsp3) is 0. The maximum atomic E-state index is 8.94. The standard InChI is InChI=1S/C10H6Cl2N6/c11-6-1-2-7(5(3-13)9(6)12)17-18-8(4-14)10(15)16/h1-2,17H,(H3,15,16)/b18-8+. The molecule has 8 heteroatoms. The molecule has 0 heterocycles. The molecule has 0 bridgehead atoms. The van der Waals surface area contributed by atoms with Crippen LogP contribution in [-0.4, -0.2) is 11.5 Å². The quantitative estimate of drug-likeness (QED) is 0.446. The van der Waals surface area contributed by atoms with Crippen LogP contribution < -0.4 is 11.2 Å². The zero-order chi connectivity index (χ0) is 13.7. The van der Waals surface area contributed by atoms with Crippen molar-refractivity contribution in [3.8, 4) is 12.1 Å². The monoisotopic (exact) mass is 280 g/mol. The first-order valence-electron chi connectivity index (χ1n) is 4.47. The van der Waals surface area contributed by atoms with Gasteiger partial charge >= 0.3 is 0 Å². The number of nitrogens with two attached hydrogens (primary N) is 1. The molecule has 0 atom stereocenters. The molecule has 0 spiro atoms. The minimum atomic E-state index is -0.483. The van der Waals surface area contributed by atoms with E-state index in [2.05, 4.69) is 10.5 Å². The summed E-state index contributed by atoms with van der Waals surface area (Å²) < 4.78 is 0. The third kappa shape index (κ3) is 2.89. The summed E-state index contributed by atoms with van der Waals surface area (Å²) in [5.74, 6) is -0.483. The van der Waals surface area contributed by atoms with Crippen molar-refractivity contribution < 1.29 is 0 Å². The maximum Gasteiger partial charge on any atom is 0.201 e. The Labute approximate surface area is 113 Å². The SMILES string of the molecule is N#C/C(=N\Nc1ccc(Cl)c(Cl)c1C#N)C(=N)N. The van der Waals surface area contributed by atoms with Crippen LogP contribution in [0, 0.1) is 28.1 Å². The van der Waals surface area contributed by atoms with Crippen LogP contribution in [0.25, 0.3) is 0 Å². The molecular weight excluding hydrogens is 275 g/mol. The highest BCUT2D eigenvalue weighted by atomic mass is 35.5. The second kappa shape index (κ2) is 5.87. The molecule has 1 aromatic rings. The summed E-state index contributed by atoms with van der Waals surface area (Å²) in [5, 5.41) is 28.6. The van der Waals surface area contributed by atoms with Crippen LogP contribution in [0.4, 0.5) is 5.69 Å². The van der Waals surface area contributed by atoms with Gasteiger partial charge in [0.05, 0.1) is 21.3 Å². The Bertz CT molecular complexity index is 608. The summed E-state index contributed by atoms with van der Waals surface area (Å²) in [7, 11) is 0. The van der Waals surface area contributed by atoms with Gasteiger partial charge in [0.2, 0.25) is 5.71 Å². The van der Waals surface area contributed by atoms with Crippen molar-refractivity contribution in [1.29, 1.82) is 15.9 Å². The fourth-order valence-corrected chi connectivity index (χ4v) is 1.38. The van der Waals surface area contributed by atoms with E-state index in [1.54, 1.807) is 6.07 Å². The van der Waals surface area contributed by atoms with Crippen molar-refractivity contribution in [3.63, 3.8) is 0 Å². The minimum Gasteiger partial charge on any atom is -0.382 e. The molecule has 0 aliphatic heterocycles. The minimum absolute atomic E-state index is 0.0840. The Morgan fingerprint density at radius 2 is 2.06 bits per heavy atom. The highest BCUT2D eigenvalue weighted by Crippen LogP contribution is 2.30. The summed E-state index contributed by atoms with van der Waals surface area (Å²) in [6, 6.07) is 6.44. The molecule has 18 heavy (non-hydrogen) atoms. The van der Waals surface area contributed by atoms with Gasteiger partial charge in [-0.1, -0.05) is 23.2 Å². The maximum absolute atomic E-state index is 8.94. The molecule has 0 aliphatic rings. The first-order chi connectivity index (χ1) is 8.51. The van der Waals surface area contributed by atoms with Crippen molar-refractivity contribution in [1.82, 2.24) is 0 Å². The van der Waals surface area contributed by atoms with E-state index in [0.717, 1.165) is 0 Å². The zero-order valence-corrected chi connectivity index (χ0v) is 10.3. The van der Waals surface area contributed by atoms with Gasteiger partial charge in [0.1, 0.15) is 12.1 Å². The summed E-state index contributed by atoms with van der Waals surface area (Å²) >= 11 is 11.6. The van der Waals surface area contributed by atoms with Gasteiger partial charge < -0.3 is 5.73 Å². The second-order valence-corrected chi connectivity index (χ2v) is 3.78. The van der Waals surface area contributed by atoms with E-state index in [1.807, 2.05) is 6.07 Å². The van der Waals surface area contributed by atoms with Crippen LogP contribution in [0.5, 0.6) is 0 Å². The average molecular weight is 281 g/mol. The van der Waals surface area contributed by atoms with E-state index in [4.69, 9.17) is 44.9 Å². The van der Waals surface area contributed by atoms with E-state index in [1.165, 1.54) is 12.1 Å². The van der Waals surface area contributed by atoms with Crippen molar-refractivity contribution >= 4 is 40.4 Å². The predicted octanol–water partition coefficient (Wildman–Crippen LogP) is 2.09. The third-order valence-electron chi connectivity index (χ3n) is 1.86. The number of anilines is 1. The molecule has 0 aliphatic carbocycles. The number of benzene rings is 1. The van der Waals surface area contributed by atoms with Crippen molar-refractivity contribution in [3.05, 3.63) is 27.7 Å². The molecule has 0 radical (unpaired) electrons. The van der Waals surface area contributed by atoms with Gasteiger partial charge in [-0.3, -0.25) is 10.8 Å². The third-order valence-corrected chi connectivity index (χ3v) is 2.66. The highest BCUT2D eigenvalue weighted by Gasteiger charge is 2.10. The molecule has 0 saturated carbocycles. The van der Waals surface area contributed by atoms with Gasteiger partial charge in [-0.2, -0.15) is 15.6 Å². The number of nitrogens with one attached hydrogen (secondary N) is 2. The molecule has 0 amide bonds. The molecule has 0 aromatic heterocycles. The number of amidine groups is 1. The Balaban J connectivity index is 3.15. The molecule has 4 N–H and O–H groups in total. The average Bonchev–Trinajstić information content (AvgIpc) is 2.34. The van der Waals surface area contributed by atoms with Crippen LogP contribution in [0.15, 0.2) is 17.2 Å². The highest BCUT2D eigenvalue weighted by molar-refractivity contribution is 6.46. The van der Waals surface area contributed by atoms with Gasteiger partial charge in [-0.15, -0.1) is 0 Å². The van der Waals surface area contributed by atoms with Crippen LogP contribution in [0.1, 0.15) is 5.56 Å². The van der Waals surface area contributed by atoms with E-state index >= 15 is 0 Å². The van der Waals surface area contributed by atoms with Crippen LogP contribution >= 0.6 is 23.2 Å². The number of nitrogens with zero attached hydrogens (tertiary/aromatic N) is 3. The fourth-order valence-electron chi connectivity index (χ4n) is 1.01.